The molecule has 0 radical (unpaired) electrons. The molecular weight excluding hydrogens is 248 g/mol. The summed E-state index contributed by atoms with van der Waals surface area (Å²) in [5, 5.41) is 3.30. The minimum atomic E-state index is -3.11. The van der Waals surface area contributed by atoms with Crippen LogP contribution in [0.3, 0.4) is 0 Å². The van der Waals surface area contributed by atoms with Crippen molar-refractivity contribution in [1.29, 1.82) is 0 Å². The van der Waals surface area contributed by atoms with E-state index in [-0.39, 0.29) is 11.8 Å². The number of piperidine rings is 1. The Labute approximate surface area is 112 Å². The predicted octanol–water partition coefficient (Wildman–Crippen LogP) is 1.73. The fourth-order valence-electron chi connectivity index (χ4n) is 2.30. The fraction of sp³-hybridized carbons (Fsp3) is 1.00. The molecule has 5 heteroatoms. The van der Waals surface area contributed by atoms with Gasteiger partial charge in [-0.05, 0) is 51.1 Å². The van der Waals surface area contributed by atoms with Crippen LogP contribution in [0.2, 0.25) is 0 Å². The van der Waals surface area contributed by atoms with Crippen molar-refractivity contribution in [2.75, 3.05) is 18.8 Å². The van der Waals surface area contributed by atoms with Gasteiger partial charge in [-0.25, -0.2) is 13.1 Å². The number of hydrogen-bond acceptors (Lipinski definition) is 3. The van der Waals surface area contributed by atoms with Gasteiger partial charge in [0.1, 0.15) is 0 Å². The summed E-state index contributed by atoms with van der Waals surface area (Å²) in [6.45, 7) is 8.18. The molecule has 0 bridgehead atoms. The predicted molar refractivity (Wildman–Crippen MR) is 76.1 cm³/mol. The third-order valence-electron chi connectivity index (χ3n) is 4.12. The lowest BCUT2D eigenvalue weighted by molar-refractivity contribution is 0.364. The lowest BCUT2D eigenvalue weighted by Crippen LogP contribution is -2.39. The monoisotopic (exact) mass is 276 g/mol. The van der Waals surface area contributed by atoms with E-state index in [4.69, 9.17) is 0 Å². The van der Waals surface area contributed by atoms with Gasteiger partial charge in [-0.15, -0.1) is 0 Å². The number of sulfonamides is 1. The third-order valence-corrected chi connectivity index (χ3v) is 5.62. The molecular formula is C13H28N2O2S. The zero-order valence-electron chi connectivity index (χ0n) is 11.9. The van der Waals surface area contributed by atoms with E-state index < -0.39 is 10.0 Å². The van der Waals surface area contributed by atoms with Gasteiger partial charge in [-0.2, -0.15) is 0 Å². The van der Waals surface area contributed by atoms with E-state index in [1.807, 2.05) is 6.92 Å². The number of hydrogen-bond donors (Lipinski definition) is 2. The van der Waals surface area contributed by atoms with Gasteiger partial charge in [0, 0.05) is 6.04 Å². The van der Waals surface area contributed by atoms with Crippen molar-refractivity contribution < 1.29 is 8.42 Å². The van der Waals surface area contributed by atoms with Gasteiger partial charge in [0.25, 0.3) is 0 Å². The summed E-state index contributed by atoms with van der Waals surface area (Å²) in [4.78, 5) is 0. The molecule has 1 fully saturated rings. The highest BCUT2D eigenvalue weighted by atomic mass is 32.2. The quantitative estimate of drug-likeness (QED) is 0.744. The molecule has 1 heterocycles. The molecule has 0 aromatic carbocycles. The SMILES string of the molecule is CCC(C)C(C)NS(=O)(=O)CCC1CCNCC1. The first-order chi connectivity index (χ1) is 8.44. The summed E-state index contributed by atoms with van der Waals surface area (Å²) in [7, 11) is -3.11. The van der Waals surface area contributed by atoms with E-state index in [0.717, 1.165) is 38.8 Å². The first-order valence-corrected chi connectivity index (χ1v) is 8.80. The average molecular weight is 276 g/mol. The van der Waals surface area contributed by atoms with Gasteiger partial charge < -0.3 is 5.32 Å². The Morgan fingerprint density at radius 1 is 1.28 bits per heavy atom. The molecule has 2 atom stereocenters. The first-order valence-electron chi connectivity index (χ1n) is 7.15. The van der Waals surface area contributed by atoms with Crippen molar-refractivity contribution in [1.82, 2.24) is 10.0 Å². The van der Waals surface area contributed by atoms with Crippen LogP contribution in [0.25, 0.3) is 0 Å². The molecule has 108 valence electrons. The molecule has 0 aliphatic carbocycles. The Kier molecular flexibility index (Phi) is 6.60. The normalized spacial score (nSPS) is 21.7. The third kappa shape index (κ3) is 5.67. The second kappa shape index (κ2) is 7.46. The summed E-state index contributed by atoms with van der Waals surface area (Å²) in [6.07, 6.45) is 4.01. The second-order valence-corrected chi connectivity index (χ2v) is 7.47. The molecule has 0 saturated carbocycles. The van der Waals surface area contributed by atoms with E-state index in [1.54, 1.807) is 0 Å². The maximum atomic E-state index is 12.0. The highest BCUT2D eigenvalue weighted by Gasteiger charge is 2.21. The van der Waals surface area contributed by atoms with Crippen molar-refractivity contribution in [3.8, 4) is 0 Å². The number of rotatable bonds is 7. The summed E-state index contributed by atoms with van der Waals surface area (Å²) < 4.78 is 26.8. The molecule has 4 nitrogen and oxygen atoms in total. The lowest BCUT2D eigenvalue weighted by Gasteiger charge is -2.24. The molecule has 0 spiro atoms. The van der Waals surface area contributed by atoms with Crippen LogP contribution in [-0.2, 0) is 10.0 Å². The molecule has 1 saturated heterocycles. The lowest BCUT2D eigenvalue weighted by atomic mass is 9.96. The van der Waals surface area contributed by atoms with E-state index in [0.29, 0.717) is 11.8 Å². The van der Waals surface area contributed by atoms with Crippen LogP contribution >= 0.6 is 0 Å². The summed E-state index contributed by atoms with van der Waals surface area (Å²) in [5.41, 5.74) is 0. The highest BCUT2D eigenvalue weighted by Crippen LogP contribution is 2.17. The van der Waals surface area contributed by atoms with Crippen LogP contribution < -0.4 is 10.0 Å². The van der Waals surface area contributed by atoms with Gasteiger partial charge >= 0.3 is 0 Å². The largest absolute Gasteiger partial charge is 0.317 e. The fourth-order valence-corrected chi connectivity index (χ4v) is 3.86. The van der Waals surface area contributed by atoms with Crippen molar-refractivity contribution in [3.63, 3.8) is 0 Å². The van der Waals surface area contributed by atoms with Crippen LogP contribution in [0.15, 0.2) is 0 Å². The maximum Gasteiger partial charge on any atom is 0.211 e. The zero-order chi connectivity index (χ0) is 13.6. The minimum absolute atomic E-state index is 0.0352. The van der Waals surface area contributed by atoms with Gasteiger partial charge in [0.2, 0.25) is 10.0 Å². The molecule has 1 aliphatic heterocycles. The molecule has 0 amide bonds. The highest BCUT2D eigenvalue weighted by molar-refractivity contribution is 7.89. The molecule has 18 heavy (non-hydrogen) atoms. The Hall–Kier alpha value is -0.130. The molecule has 2 unspecified atom stereocenters. The smallest absolute Gasteiger partial charge is 0.211 e. The molecule has 1 rings (SSSR count). The standard InChI is InChI=1S/C13H28N2O2S/c1-4-11(2)12(3)15-18(16,17)10-7-13-5-8-14-9-6-13/h11-15H,4-10H2,1-3H3. The molecule has 1 aliphatic rings. The second-order valence-electron chi connectivity index (χ2n) is 5.59. The minimum Gasteiger partial charge on any atom is -0.317 e. The van der Waals surface area contributed by atoms with E-state index in [1.165, 1.54) is 0 Å². The summed E-state index contributed by atoms with van der Waals surface area (Å²) in [5.74, 6) is 1.23. The van der Waals surface area contributed by atoms with Crippen LogP contribution in [0.4, 0.5) is 0 Å². The average Bonchev–Trinajstić information content (AvgIpc) is 2.36. The zero-order valence-corrected chi connectivity index (χ0v) is 12.7. The first kappa shape index (κ1) is 15.9. The Balaban J connectivity index is 2.34. The maximum absolute atomic E-state index is 12.0. The van der Waals surface area contributed by atoms with E-state index >= 15 is 0 Å². The van der Waals surface area contributed by atoms with E-state index in [2.05, 4.69) is 23.9 Å². The molecule has 2 N–H and O–H groups in total. The summed E-state index contributed by atoms with van der Waals surface area (Å²) >= 11 is 0. The topological polar surface area (TPSA) is 58.2 Å². The van der Waals surface area contributed by atoms with Gasteiger partial charge in [-0.3, -0.25) is 0 Å². The van der Waals surface area contributed by atoms with E-state index in [9.17, 15) is 8.42 Å². The van der Waals surface area contributed by atoms with Crippen LogP contribution in [-0.4, -0.2) is 33.3 Å². The Morgan fingerprint density at radius 2 is 1.89 bits per heavy atom. The van der Waals surface area contributed by atoms with Crippen LogP contribution in [0.1, 0.15) is 46.5 Å². The van der Waals surface area contributed by atoms with Crippen LogP contribution in [0, 0.1) is 11.8 Å². The van der Waals surface area contributed by atoms with Crippen LogP contribution in [0.5, 0.6) is 0 Å². The molecule has 0 aromatic rings. The molecule has 0 aromatic heterocycles. The van der Waals surface area contributed by atoms with Gasteiger partial charge in [0.05, 0.1) is 5.75 Å². The van der Waals surface area contributed by atoms with Crippen molar-refractivity contribution >= 4 is 10.0 Å². The number of nitrogens with one attached hydrogen (secondary N) is 2. The Morgan fingerprint density at radius 3 is 2.44 bits per heavy atom. The Bertz CT molecular complexity index is 324. The van der Waals surface area contributed by atoms with Gasteiger partial charge in [0.15, 0.2) is 0 Å². The van der Waals surface area contributed by atoms with Gasteiger partial charge in [-0.1, -0.05) is 20.3 Å². The summed E-state index contributed by atoms with van der Waals surface area (Å²) in [6, 6.07) is 0.0352. The van der Waals surface area contributed by atoms with Crippen molar-refractivity contribution in [3.05, 3.63) is 0 Å². The van der Waals surface area contributed by atoms with Crippen molar-refractivity contribution in [2.45, 2.75) is 52.5 Å². The van der Waals surface area contributed by atoms with Crippen molar-refractivity contribution in [2.24, 2.45) is 11.8 Å².